The maximum Gasteiger partial charge on any atom is 0.237 e. The summed E-state index contributed by atoms with van der Waals surface area (Å²) >= 11 is 0. The van der Waals surface area contributed by atoms with Gasteiger partial charge in [-0.3, -0.25) is 14.5 Å². The van der Waals surface area contributed by atoms with Crippen LogP contribution in [0.25, 0.3) is 0 Å². The second kappa shape index (κ2) is 6.69. The van der Waals surface area contributed by atoms with E-state index in [1.807, 2.05) is 4.90 Å². The molecule has 6 heteroatoms. The number of carbonyl (C=O) groups excluding carboxylic acids is 2. The SMILES string of the molecule is COc1ccc(C(C)=O)cc1CN1CCOCC1C(N)=O. The molecule has 0 aliphatic carbocycles. The Balaban J connectivity index is 2.25. The Kier molecular flexibility index (Phi) is 4.93. The molecule has 21 heavy (non-hydrogen) atoms. The van der Waals surface area contributed by atoms with E-state index < -0.39 is 11.9 Å². The number of rotatable bonds is 5. The summed E-state index contributed by atoms with van der Waals surface area (Å²) in [4.78, 5) is 25.0. The summed E-state index contributed by atoms with van der Waals surface area (Å²) < 4.78 is 10.6. The van der Waals surface area contributed by atoms with E-state index in [9.17, 15) is 9.59 Å². The second-order valence-corrected chi connectivity index (χ2v) is 5.05. The highest BCUT2D eigenvalue weighted by atomic mass is 16.5. The molecule has 114 valence electrons. The van der Waals surface area contributed by atoms with Crippen LogP contribution in [0.15, 0.2) is 18.2 Å². The van der Waals surface area contributed by atoms with Crippen molar-refractivity contribution in [3.63, 3.8) is 0 Å². The molecule has 1 unspecified atom stereocenters. The van der Waals surface area contributed by atoms with E-state index in [0.29, 0.717) is 37.6 Å². The zero-order valence-electron chi connectivity index (χ0n) is 12.3. The summed E-state index contributed by atoms with van der Waals surface area (Å²) in [5, 5.41) is 0. The first-order valence-corrected chi connectivity index (χ1v) is 6.82. The summed E-state index contributed by atoms with van der Waals surface area (Å²) in [6.07, 6.45) is 0. The number of amides is 1. The van der Waals surface area contributed by atoms with Gasteiger partial charge in [-0.2, -0.15) is 0 Å². The molecule has 1 aromatic rings. The molecular formula is C15H20N2O4. The first-order valence-electron chi connectivity index (χ1n) is 6.82. The molecule has 1 saturated heterocycles. The number of Topliss-reactive ketones (excluding diaryl/α,β-unsaturated/α-hetero) is 1. The topological polar surface area (TPSA) is 81.9 Å². The Bertz CT molecular complexity index is 544. The third-order valence-corrected chi connectivity index (χ3v) is 3.63. The maximum absolute atomic E-state index is 11.5. The number of methoxy groups -OCH3 is 1. The number of carbonyl (C=O) groups is 2. The van der Waals surface area contributed by atoms with Crippen molar-refractivity contribution in [3.05, 3.63) is 29.3 Å². The summed E-state index contributed by atoms with van der Waals surface area (Å²) in [5.41, 5.74) is 6.89. The van der Waals surface area contributed by atoms with Crippen LogP contribution in [-0.2, 0) is 16.1 Å². The van der Waals surface area contributed by atoms with Gasteiger partial charge in [0, 0.05) is 24.2 Å². The van der Waals surface area contributed by atoms with Gasteiger partial charge in [0.2, 0.25) is 5.91 Å². The fourth-order valence-corrected chi connectivity index (χ4v) is 2.43. The van der Waals surface area contributed by atoms with Crippen LogP contribution in [0.3, 0.4) is 0 Å². The Morgan fingerprint density at radius 2 is 2.24 bits per heavy atom. The van der Waals surface area contributed by atoms with Crippen molar-refractivity contribution in [2.45, 2.75) is 19.5 Å². The van der Waals surface area contributed by atoms with Crippen molar-refractivity contribution < 1.29 is 19.1 Å². The molecule has 0 saturated carbocycles. The summed E-state index contributed by atoms with van der Waals surface area (Å²) in [6, 6.07) is 4.85. The number of hydrogen-bond acceptors (Lipinski definition) is 5. The van der Waals surface area contributed by atoms with Gasteiger partial charge in [-0.15, -0.1) is 0 Å². The molecule has 1 aliphatic heterocycles. The van der Waals surface area contributed by atoms with Crippen molar-refractivity contribution in [2.24, 2.45) is 5.73 Å². The highest BCUT2D eigenvalue weighted by molar-refractivity contribution is 5.94. The van der Waals surface area contributed by atoms with Crippen LogP contribution in [0.5, 0.6) is 5.75 Å². The Labute approximate surface area is 123 Å². The van der Waals surface area contributed by atoms with E-state index in [1.54, 1.807) is 25.3 Å². The van der Waals surface area contributed by atoms with Gasteiger partial charge in [0.05, 0.1) is 20.3 Å². The monoisotopic (exact) mass is 292 g/mol. The summed E-state index contributed by atoms with van der Waals surface area (Å²) in [7, 11) is 1.58. The molecule has 0 aromatic heterocycles. The quantitative estimate of drug-likeness (QED) is 0.803. The van der Waals surface area contributed by atoms with Crippen molar-refractivity contribution in [3.8, 4) is 5.75 Å². The van der Waals surface area contributed by atoms with Crippen LogP contribution < -0.4 is 10.5 Å². The smallest absolute Gasteiger partial charge is 0.237 e. The molecule has 1 heterocycles. The molecule has 1 aromatic carbocycles. The van der Waals surface area contributed by atoms with Crippen LogP contribution in [0.1, 0.15) is 22.8 Å². The van der Waals surface area contributed by atoms with E-state index in [4.69, 9.17) is 15.2 Å². The minimum atomic E-state index is -0.454. The lowest BCUT2D eigenvalue weighted by Gasteiger charge is -2.33. The van der Waals surface area contributed by atoms with Crippen LogP contribution >= 0.6 is 0 Å². The average molecular weight is 292 g/mol. The highest BCUT2D eigenvalue weighted by Gasteiger charge is 2.28. The molecule has 0 spiro atoms. The predicted octanol–water partition coefficient (Wildman–Crippen LogP) is 0.584. The molecule has 1 amide bonds. The summed E-state index contributed by atoms with van der Waals surface area (Å²) in [5.74, 6) is 0.276. The van der Waals surface area contributed by atoms with E-state index in [2.05, 4.69) is 0 Å². The number of morpholine rings is 1. The number of nitrogens with two attached hydrogens (primary N) is 1. The van der Waals surface area contributed by atoms with Crippen LogP contribution in [0, 0.1) is 0 Å². The van der Waals surface area contributed by atoms with Crippen molar-refractivity contribution in [1.29, 1.82) is 0 Å². The van der Waals surface area contributed by atoms with Crippen molar-refractivity contribution in [2.75, 3.05) is 26.9 Å². The zero-order chi connectivity index (χ0) is 15.4. The molecule has 0 radical (unpaired) electrons. The lowest BCUT2D eigenvalue weighted by atomic mass is 10.1. The lowest BCUT2D eigenvalue weighted by molar-refractivity contribution is -0.129. The third-order valence-electron chi connectivity index (χ3n) is 3.63. The number of hydrogen-bond donors (Lipinski definition) is 1. The van der Waals surface area contributed by atoms with Gasteiger partial charge in [0.1, 0.15) is 11.8 Å². The number of benzene rings is 1. The van der Waals surface area contributed by atoms with Crippen LogP contribution in [0.4, 0.5) is 0 Å². The molecule has 6 nitrogen and oxygen atoms in total. The number of ether oxygens (including phenoxy) is 2. The predicted molar refractivity (Wildman–Crippen MR) is 77.2 cm³/mol. The second-order valence-electron chi connectivity index (χ2n) is 5.05. The van der Waals surface area contributed by atoms with Crippen LogP contribution in [0.2, 0.25) is 0 Å². The fourth-order valence-electron chi connectivity index (χ4n) is 2.43. The first kappa shape index (κ1) is 15.5. The molecule has 2 rings (SSSR count). The number of nitrogens with zero attached hydrogens (tertiary/aromatic N) is 1. The Morgan fingerprint density at radius 1 is 1.48 bits per heavy atom. The van der Waals surface area contributed by atoms with Crippen molar-refractivity contribution in [1.82, 2.24) is 4.90 Å². The van der Waals surface area contributed by atoms with Gasteiger partial charge < -0.3 is 15.2 Å². The minimum Gasteiger partial charge on any atom is -0.496 e. The highest BCUT2D eigenvalue weighted by Crippen LogP contribution is 2.23. The van der Waals surface area contributed by atoms with E-state index >= 15 is 0 Å². The molecule has 1 fully saturated rings. The van der Waals surface area contributed by atoms with E-state index in [1.165, 1.54) is 6.92 Å². The van der Waals surface area contributed by atoms with Gasteiger partial charge in [0.25, 0.3) is 0 Å². The molecule has 2 N–H and O–H groups in total. The molecule has 1 aliphatic rings. The van der Waals surface area contributed by atoms with Gasteiger partial charge in [0.15, 0.2) is 5.78 Å². The van der Waals surface area contributed by atoms with Gasteiger partial charge >= 0.3 is 0 Å². The number of ketones is 1. The molecule has 1 atom stereocenters. The Morgan fingerprint density at radius 3 is 2.86 bits per heavy atom. The third kappa shape index (κ3) is 3.59. The van der Waals surface area contributed by atoms with Gasteiger partial charge in [-0.25, -0.2) is 0 Å². The number of primary amides is 1. The lowest BCUT2D eigenvalue weighted by Crippen LogP contribution is -2.51. The molecule has 0 bridgehead atoms. The normalized spacial score (nSPS) is 19.2. The minimum absolute atomic E-state index is 0.00710. The van der Waals surface area contributed by atoms with Gasteiger partial charge in [-0.1, -0.05) is 0 Å². The average Bonchev–Trinajstić information content (AvgIpc) is 2.47. The summed E-state index contributed by atoms with van der Waals surface area (Å²) in [6.45, 7) is 3.47. The Hall–Kier alpha value is -1.92. The van der Waals surface area contributed by atoms with Crippen molar-refractivity contribution >= 4 is 11.7 Å². The largest absolute Gasteiger partial charge is 0.496 e. The van der Waals surface area contributed by atoms with Gasteiger partial charge in [-0.05, 0) is 25.1 Å². The zero-order valence-corrected chi connectivity index (χ0v) is 12.3. The standard InChI is InChI=1S/C15H20N2O4/c1-10(18)11-3-4-14(20-2)12(7-11)8-17-5-6-21-9-13(17)15(16)19/h3-4,7,13H,5-6,8-9H2,1-2H3,(H2,16,19). The van der Waals surface area contributed by atoms with Crippen LogP contribution in [-0.4, -0.2) is 49.5 Å². The fraction of sp³-hybridized carbons (Fsp3) is 0.467. The first-order chi connectivity index (χ1) is 10.0. The van der Waals surface area contributed by atoms with E-state index in [0.717, 1.165) is 5.56 Å². The van der Waals surface area contributed by atoms with E-state index in [-0.39, 0.29) is 5.78 Å². The maximum atomic E-state index is 11.5. The molecular weight excluding hydrogens is 272 g/mol.